The van der Waals surface area contributed by atoms with Crippen LogP contribution < -0.4 is 4.74 Å². The average molecular weight is 405 g/mol. The van der Waals surface area contributed by atoms with Crippen LogP contribution in [0.15, 0.2) is 18.2 Å². The summed E-state index contributed by atoms with van der Waals surface area (Å²) in [7, 11) is 0. The lowest BCUT2D eigenvalue weighted by Gasteiger charge is -2.32. The summed E-state index contributed by atoms with van der Waals surface area (Å²) in [6.07, 6.45) is 3.65. The minimum Gasteiger partial charge on any atom is -0.504 e. The molecule has 1 aromatic rings. The van der Waals surface area contributed by atoms with Gasteiger partial charge in [0.15, 0.2) is 11.5 Å². The molecule has 1 N–H and O–H groups in total. The second-order valence-corrected chi connectivity index (χ2v) is 8.40. The highest BCUT2D eigenvalue weighted by atomic mass is 16.6. The molecule has 1 aromatic carbocycles. The molecule has 7 nitrogen and oxygen atoms in total. The maximum absolute atomic E-state index is 11.9. The zero-order chi connectivity index (χ0) is 20.3. The SMILES string of the molecule is CCOc1cc(CN2CCOC[C@@]3(CC[C@@H](CN4CCCC4=O)O3)C2)ccc1O. The minimum absolute atomic E-state index is 0.0961. The van der Waals surface area contributed by atoms with Gasteiger partial charge in [-0.25, -0.2) is 0 Å². The van der Waals surface area contributed by atoms with Crippen molar-refractivity contribution < 1.29 is 24.1 Å². The molecule has 4 rings (SSSR count). The molecule has 1 spiro atoms. The van der Waals surface area contributed by atoms with Crippen molar-refractivity contribution in [1.82, 2.24) is 9.80 Å². The lowest BCUT2D eigenvalue weighted by Crippen LogP contribution is -2.45. The normalized spacial score (nSPS) is 28.2. The van der Waals surface area contributed by atoms with E-state index < -0.39 is 0 Å². The van der Waals surface area contributed by atoms with Crippen LogP contribution in [0.2, 0.25) is 0 Å². The van der Waals surface area contributed by atoms with Crippen molar-refractivity contribution >= 4 is 5.91 Å². The number of ether oxygens (including phenoxy) is 3. The third-order valence-corrected chi connectivity index (χ3v) is 6.09. The van der Waals surface area contributed by atoms with Gasteiger partial charge in [0.25, 0.3) is 0 Å². The molecular weight excluding hydrogens is 372 g/mol. The van der Waals surface area contributed by atoms with Gasteiger partial charge in [-0.15, -0.1) is 0 Å². The van der Waals surface area contributed by atoms with Gasteiger partial charge in [-0.3, -0.25) is 9.69 Å². The Morgan fingerprint density at radius 3 is 3.03 bits per heavy atom. The molecule has 3 aliphatic rings. The monoisotopic (exact) mass is 404 g/mol. The molecule has 0 bridgehead atoms. The first-order chi connectivity index (χ1) is 14.1. The second-order valence-electron chi connectivity index (χ2n) is 8.40. The van der Waals surface area contributed by atoms with Crippen LogP contribution in [0.25, 0.3) is 0 Å². The Bertz CT molecular complexity index is 727. The Morgan fingerprint density at radius 1 is 1.34 bits per heavy atom. The molecule has 3 saturated heterocycles. The van der Waals surface area contributed by atoms with Crippen LogP contribution >= 0.6 is 0 Å². The third kappa shape index (κ3) is 4.85. The molecule has 160 valence electrons. The zero-order valence-corrected chi connectivity index (χ0v) is 17.3. The third-order valence-electron chi connectivity index (χ3n) is 6.09. The molecule has 0 aliphatic carbocycles. The summed E-state index contributed by atoms with van der Waals surface area (Å²) < 4.78 is 17.9. The fourth-order valence-electron chi connectivity index (χ4n) is 4.69. The number of carbonyl (C=O) groups excluding carboxylic acids is 1. The van der Waals surface area contributed by atoms with Crippen LogP contribution in [0.1, 0.15) is 38.2 Å². The maximum Gasteiger partial charge on any atom is 0.222 e. The Balaban J connectivity index is 1.39. The minimum atomic E-state index is -0.302. The summed E-state index contributed by atoms with van der Waals surface area (Å²) in [5.74, 6) is 0.952. The Hall–Kier alpha value is -1.83. The molecule has 0 unspecified atom stereocenters. The number of phenolic OH excluding ortho intramolecular Hbond substituents is 1. The van der Waals surface area contributed by atoms with E-state index >= 15 is 0 Å². The van der Waals surface area contributed by atoms with Gasteiger partial charge in [0.1, 0.15) is 5.60 Å². The van der Waals surface area contributed by atoms with E-state index in [1.54, 1.807) is 6.07 Å². The summed E-state index contributed by atoms with van der Waals surface area (Å²) in [5.41, 5.74) is 0.796. The van der Waals surface area contributed by atoms with Gasteiger partial charge >= 0.3 is 0 Å². The highest BCUT2D eigenvalue weighted by Crippen LogP contribution is 2.35. The molecular formula is C22H32N2O5. The number of hydrogen-bond donors (Lipinski definition) is 1. The van der Waals surface area contributed by atoms with E-state index in [4.69, 9.17) is 14.2 Å². The van der Waals surface area contributed by atoms with Crippen molar-refractivity contribution in [2.24, 2.45) is 0 Å². The Morgan fingerprint density at radius 2 is 2.24 bits per heavy atom. The van der Waals surface area contributed by atoms with E-state index in [0.717, 1.165) is 51.0 Å². The number of aromatic hydroxyl groups is 1. The number of nitrogens with zero attached hydrogens (tertiary/aromatic N) is 2. The lowest BCUT2D eigenvalue weighted by atomic mass is 9.99. The van der Waals surface area contributed by atoms with E-state index in [1.165, 1.54) is 0 Å². The second kappa shape index (κ2) is 8.90. The molecule has 0 radical (unpaired) electrons. The standard InChI is InChI=1S/C22H32N2O5/c1-2-28-20-12-17(5-6-19(20)25)13-23-10-11-27-16-22(15-23)8-7-18(29-22)14-24-9-3-4-21(24)26/h5-6,12,18,25H,2-4,7-11,13-16H2,1H3/t18-,22+/m0/s1. The van der Waals surface area contributed by atoms with Crippen molar-refractivity contribution in [3.05, 3.63) is 23.8 Å². The highest BCUT2D eigenvalue weighted by Gasteiger charge is 2.44. The van der Waals surface area contributed by atoms with Gasteiger partial charge in [-0.2, -0.15) is 0 Å². The summed E-state index contributed by atoms with van der Waals surface area (Å²) >= 11 is 0. The molecule has 1 amide bonds. The van der Waals surface area contributed by atoms with E-state index in [2.05, 4.69) is 4.90 Å². The first kappa shape index (κ1) is 20.4. The first-order valence-corrected chi connectivity index (χ1v) is 10.8. The summed E-state index contributed by atoms with van der Waals surface area (Å²) in [5, 5.41) is 9.94. The van der Waals surface area contributed by atoms with Crippen molar-refractivity contribution in [2.45, 2.75) is 50.9 Å². The van der Waals surface area contributed by atoms with Gasteiger partial charge in [-0.1, -0.05) is 6.07 Å². The predicted molar refractivity (Wildman–Crippen MR) is 108 cm³/mol. The molecule has 3 aliphatic heterocycles. The van der Waals surface area contributed by atoms with Crippen molar-refractivity contribution in [1.29, 1.82) is 0 Å². The van der Waals surface area contributed by atoms with E-state index in [1.807, 2.05) is 24.0 Å². The summed E-state index contributed by atoms with van der Waals surface area (Å²) in [6, 6.07) is 5.54. The number of phenols is 1. The van der Waals surface area contributed by atoms with Crippen LogP contribution in [0.5, 0.6) is 11.5 Å². The van der Waals surface area contributed by atoms with Gasteiger partial charge in [0, 0.05) is 39.1 Å². The molecule has 3 fully saturated rings. The topological polar surface area (TPSA) is 71.5 Å². The Kier molecular flexibility index (Phi) is 6.27. The number of rotatable bonds is 6. The smallest absolute Gasteiger partial charge is 0.222 e. The van der Waals surface area contributed by atoms with Crippen LogP contribution in [-0.4, -0.2) is 78.5 Å². The van der Waals surface area contributed by atoms with Crippen molar-refractivity contribution in [2.75, 3.05) is 46.0 Å². The maximum atomic E-state index is 11.9. The molecule has 0 saturated carbocycles. The largest absolute Gasteiger partial charge is 0.504 e. The Labute approximate surface area is 172 Å². The van der Waals surface area contributed by atoms with E-state index in [0.29, 0.717) is 38.5 Å². The lowest BCUT2D eigenvalue weighted by molar-refractivity contribution is -0.132. The van der Waals surface area contributed by atoms with Gasteiger partial charge < -0.3 is 24.2 Å². The van der Waals surface area contributed by atoms with Crippen LogP contribution in [0.3, 0.4) is 0 Å². The van der Waals surface area contributed by atoms with Crippen molar-refractivity contribution in [3.63, 3.8) is 0 Å². The summed E-state index contributed by atoms with van der Waals surface area (Å²) in [4.78, 5) is 16.3. The predicted octanol–water partition coefficient (Wildman–Crippen LogP) is 2.16. The zero-order valence-electron chi connectivity index (χ0n) is 17.3. The number of carbonyl (C=O) groups is 1. The number of amides is 1. The first-order valence-electron chi connectivity index (χ1n) is 10.8. The van der Waals surface area contributed by atoms with Crippen LogP contribution in [-0.2, 0) is 20.8 Å². The highest BCUT2D eigenvalue weighted by molar-refractivity contribution is 5.78. The van der Waals surface area contributed by atoms with E-state index in [9.17, 15) is 9.90 Å². The molecule has 7 heteroatoms. The fourth-order valence-corrected chi connectivity index (χ4v) is 4.69. The average Bonchev–Trinajstić information content (AvgIpc) is 3.22. The van der Waals surface area contributed by atoms with Crippen molar-refractivity contribution in [3.8, 4) is 11.5 Å². The number of benzene rings is 1. The molecule has 3 heterocycles. The number of likely N-dealkylation sites (tertiary alicyclic amines) is 1. The van der Waals surface area contributed by atoms with Gasteiger partial charge in [-0.05, 0) is 43.9 Å². The van der Waals surface area contributed by atoms with Crippen LogP contribution in [0.4, 0.5) is 0 Å². The molecule has 29 heavy (non-hydrogen) atoms. The molecule has 0 aromatic heterocycles. The molecule has 2 atom stereocenters. The van der Waals surface area contributed by atoms with E-state index in [-0.39, 0.29) is 23.4 Å². The number of hydrogen-bond acceptors (Lipinski definition) is 6. The summed E-state index contributed by atoms with van der Waals surface area (Å²) in [6.45, 7) is 7.67. The van der Waals surface area contributed by atoms with Gasteiger partial charge in [0.2, 0.25) is 5.91 Å². The van der Waals surface area contributed by atoms with Crippen LogP contribution in [0, 0.1) is 0 Å². The van der Waals surface area contributed by atoms with Gasteiger partial charge in [0.05, 0.1) is 25.9 Å². The fraction of sp³-hybridized carbons (Fsp3) is 0.682. The quantitative estimate of drug-likeness (QED) is 0.784.